The van der Waals surface area contributed by atoms with Crippen LogP contribution in [0, 0.1) is 5.92 Å². The Hall–Kier alpha value is -0.540. The Labute approximate surface area is 112 Å². The summed E-state index contributed by atoms with van der Waals surface area (Å²) in [5, 5.41) is 0. The third-order valence-electron chi connectivity index (χ3n) is 3.40. The number of hydrogen-bond donors (Lipinski definition) is 1. The molecule has 17 heavy (non-hydrogen) atoms. The summed E-state index contributed by atoms with van der Waals surface area (Å²) in [6.07, 6.45) is 6.23. The van der Waals surface area contributed by atoms with E-state index in [9.17, 15) is 0 Å². The Balaban J connectivity index is 2.02. The van der Waals surface area contributed by atoms with Gasteiger partial charge in [0.1, 0.15) is 5.75 Å². The molecule has 94 valence electrons. The molecule has 2 N–H and O–H groups in total. The van der Waals surface area contributed by atoms with Crippen molar-refractivity contribution < 1.29 is 4.74 Å². The average molecular weight is 298 g/mol. The fourth-order valence-corrected chi connectivity index (χ4v) is 2.97. The van der Waals surface area contributed by atoms with Crippen LogP contribution in [-0.4, -0.2) is 13.2 Å². The van der Waals surface area contributed by atoms with Crippen LogP contribution in [0.25, 0.3) is 0 Å². The second-order valence-corrected chi connectivity index (χ2v) is 5.58. The molecule has 0 spiro atoms. The van der Waals surface area contributed by atoms with Crippen molar-refractivity contribution in [1.82, 2.24) is 0 Å². The zero-order valence-corrected chi connectivity index (χ0v) is 11.7. The van der Waals surface area contributed by atoms with Crippen molar-refractivity contribution in [3.63, 3.8) is 0 Å². The third kappa shape index (κ3) is 3.46. The van der Waals surface area contributed by atoms with Gasteiger partial charge >= 0.3 is 0 Å². The maximum absolute atomic E-state index is 6.00. The minimum atomic E-state index is 0.663. The lowest BCUT2D eigenvalue weighted by Crippen LogP contribution is -2.11. The molecule has 1 aliphatic rings. The molecule has 1 fully saturated rings. The summed E-state index contributed by atoms with van der Waals surface area (Å²) >= 11 is 3.56. The van der Waals surface area contributed by atoms with E-state index in [-0.39, 0.29) is 0 Å². The molecule has 3 heteroatoms. The van der Waals surface area contributed by atoms with Crippen LogP contribution in [0.15, 0.2) is 22.7 Å². The van der Waals surface area contributed by atoms with E-state index < -0.39 is 0 Å². The number of para-hydroxylation sites is 1. The monoisotopic (exact) mass is 297 g/mol. The summed E-state index contributed by atoms with van der Waals surface area (Å²) in [5.41, 5.74) is 6.84. The van der Waals surface area contributed by atoms with Gasteiger partial charge in [0.05, 0.1) is 11.1 Å². The number of halogens is 1. The smallest absolute Gasteiger partial charge is 0.136 e. The fourth-order valence-electron chi connectivity index (χ4n) is 2.45. The first-order chi connectivity index (χ1) is 8.31. The third-order valence-corrected chi connectivity index (χ3v) is 4.02. The van der Waals surface area contributed by atoms with Gasteiger partial charge in [-0.1, -0.05) is 25.0 Å². The van der Waals surface area contributed by atoms with Crippen molar-refractivity contribution in [1.29, 1.82) is 0 Å². The molecular weight excluding hydrogens is 278 g/mol. The van der Waals surface area contributed by atoms with Gasteiger partial charge in [-0.15, -0.1) is 0 Å². The van der Waals surface area contributed by atoms with Crippen molar-refractivity contribution in [3.05, 3.63) is 28.2 Å². The van der Waals surface area contributed by atoms with E-state index in [1.165, 1.54) is 31.2 Å². The van der Waals surface area contributed by atoms with Crippen molar-refractivity contribution in [3.8, 4) is 5.75 Å². The van der Waals surface area contributed by atoms with E-state index in [1.807, 2.05) is 12.1 Å². The van der Waals surface area contributed by atoms with Gasteiger partial charge in [-0.25, -0.2) is 0 Å². The quantitative estimate of drug-likeness (QED) is 0.902. The molecule has 2 rings (SSSR count). The maximum Gasteiger partial charge on any atom is 0.136 e. The number of rotatable bonds is 5. The van der Waals surface area contributed by atoms with Gasteiger partial charge in [0.15, 0.2) is 0 Å². The van der Waals surface area contributed by atoms with Crippen molar-refractivity contribution >= 4 is 15.9 Å². The predicted octanol–water partition coefficient (Wildman–Crippen LogP) is 3.52. The summed E-state index contributed by atoms with van der Waals surface area (Å²) < 4.78 is 7.04. The first-order valence-corrected chi connectivity index (χ1v) is 7.21. The molecule has 0 bridgehead atoms. The van der Waals surface area contributed by atoms with Gasteiger partial charge in [0.25, 0.3) is 0 Å². The zero-order chi connectivity index (χ0) is 12.1. The predicted molar refractivity (Wildman–Crippen MR) is 74.4 cm³/mol. The molecule has 1 aromatic carbocycles. The highest BCUT2D eigenvalue weighted by Gasteiger charge is 2.17. The van der Waals surface area contributed by atoms with E-state index in [2.05, 4.69) is 22.0 Å². The molecule has 1 aliphatic carbocycles. The Morgan fingerprint density at radius 3 is 2.76 bits per heavy atom. The highest BCUT2D eigenvalue weighted by atomic mass is 79.9. The number of ether oxygens (including phenoxy) is 1. The normalized spacial score (nSPS) is 16.4. The Bertz CT molecular complexity index is 361. The molecule has 0 saturated heterocycles. The van der Waals surface area contributed by atoms with Crippen molar-refractivity contribution in [2.45, 2.75) is 32.1 Å². The summed E-state index contributed by atoms with van der Waals surface area (Å²) in [7, 11) is 0. The first-order valence-electron chi connectivity index (χ1n) is 6.41. The van der Waals surface area contributed by atoms with Gasteiger partial charge < -0.3 is 10.5 Å². The Kier molecular flexibility index (Phi) is 4.86. The SMILES string of the molecule is NCCc1cccc(Br)c1OCC1CCCC1. The van der Waals surface area contributed by atoms with E-state index in [4.69, 9.17) is 10.5 Å². The lowest BCUT2D eigenvalue weighted by molar-refractivity contribution is 0.248. The molecule has 0 unspecified atom stereocenters. The summed E-state index contributed by atoms with van der Waals surface area (Å²) in [6.45, 7) is 1.51. The van der Waals surface area contributed by atoms with Gasteiger partial charge in [0.2, 0.25) is 0 Å². The molecular formula is C14H20BrNO. The molecule has 0 heterocycles. The van der Waals surface area contributed by atoms with Gasteiger partial charge in [-0.05, 0) is 59.3 Å². The molecule has 0 amide bonds. The van der Waals surface area contributed by atoms with Crippen LogP contribution in [-0.2, 0) is 6.42 Å². The summed E-state index contributed by atoms with van der Waals surface area (Å²) in [6, 6.07) is 6.17. The highest BCUT2D eigenvalue weighted by Crippen LogP contribution is 2.31. The van der Waals surface area contributed by atoms with Crippen LogP contribution in [0.1, 0.15) is 31.2 Å². The Morgan fingerprint density at radius 2 is 2.06 bits per heavy atom. The zero-order valence-electron chi connectivity index (χ0n) is 10.1. The second kappa shape index (κ2) is 6.41. The Morgan fingerprint density at radius 1 is 1.29 bits per heavy atom. The molecule has 0 radical (unpaired) electrons. The van der Waals surface area contributed by atoms with Crippen LogP contribution in [0.3, 0.4) is 0 Å². The lowest BCUT2D eigenvalue weighted by Gasteiger charge is -2.15. The van der Waals surface area contributed by atoms with Crippen LogP contribution in [0.4, 0.5) is 0 Å². The molecule has 0 aliphatic heterocycles. The molecule has 1 saturated carbocycles. The van der Waals surface area contributed by atoms with Gasteiger partial charge in [-0.2, -0.15) is 0 Å². The van der Waals surface area contributed by atoms with Crippen LogP contribution in [0.5, 0.6) is 5.75 Å². The highest BCUT2D eigenvalue weighted by molar-refractivity contribution is 9.10. The van der Waals surface area contributed by atoms with Gasteiger partial charge in [-0.3, -0.25) is 0 Å². The summed E-state index contributed by atoms with van der Waals surface area (Å²) in [5.74, 6) is 1.73. The minimum Gasteiger partial charge on any atom is -0.492 e. The van der Waals surface area contributed by atoms with Crippen molar-refractivity contribution in [2.24, 2.45) is 11.7 Å². The maximum atomic E-state index is 6.00. The van der Waals surface area contributed by atoms with E-state index in [0.717, 1.165) is 29.2 Å². The number of hydrogen-bond acceptors (Lipinski definition) is 2. The minimum absolute atomic E-state index is 0.663. The van der Waals surface area contributed by atoms with Crippen LogP contribution >= 0.6 is 15.9 Å². The van der Waals surface area contributed by atoms with Crippen LogP contribution in [0.2, 0.25) is 0 Å². The van der Waals surface area contributed by atoms with E-state index in [0.29, 0.717) is 6.54 Å². The topological polar surface area (TPSA) is 35.2 Å². The first kappa shape index (κ1) is 12.9. The standard InChI is InChI=1S/C14H20BrNO/c15-13-7-3-6-12(8-9-16)14(13)17-10-11-4-1-2-5-11/h3,6-7,11H,1-2,4-5,8-10,16H2. The lowest BCUT2D eigenvalue weighted by atomic mass is 10.1. The van der Waals surface area contributed by atoms with Crippen molar-refractivity contribution in [2.75, 3.05) is 13.2 Å². The second-order valence-electron chi connectivity index (χ2n) is 4.73. The number of nitrogens with two attached hydrogens (primary N) is 1. The molecule has 1 aromatic rings. The van der Waals surface area contributed by atoms with Crippen LogP contribution < -0.4 is 10.5 Å². The largest absolute Gasteiger partial charge is 0.492 e. The molecule has 2 nitrogen and oxygen atoms in total. The molecule has 0 atom stereocenters. The van der Waals surface area contributed by atoms with Gasteiger partial charge in [0, 0.05) is 0 Å². The average Bonchev–Trinajstić information content (AvgIpc) is 2.82. The fraction of sp³-hybridized carbons (Fsp3) is 0.571. The van der Waals surface area contributed by atoms with E-state index >= 15 is 0 Å². The number of benzene rings is 1. The van der Waals surface area contributed by atoms with E-state index in [1.54, 1.807) is 0 Å². The molecule has 0 aromatic heterocycles. The summed E-state index contributed by atoms with van der Waals surface area (Å²) in [4.78, 5) is 0.